The van der Waals surface area contributed by atoms with E-state index in [4.69, 9.17) is 11.0 Å². The van der Waals surface area contributed by atoms with Gasteiger partial charge >= 0.3 is 0 Å². The van der Waals surface area contributed by atoms with Crippen LogP contribution in [-0.4, -0.2) is 9.97 Å². The number of anilines is 3. The predicted octanol–water partition coefficient (Wildman–Crippen LogP) is 2.54. The molecule has 0 amide bonds. The van der Waals surface area contributed by atoms with Crippen LogP contribution in [0.1, 0.15) is 23.7 Å². The van der Waals surface area contributed by atoms with Crippen molar-refractivity contribution in [3.63, 3.8) is 0 Å². The Morgan fingerprint density at radius 2 is 2.11 bits per heavy atom. The van der Waals surface area contributed by atoms with Gasteiger partial charge in [-0.15, -0.1) is 0 Å². The summed E-state index contributed by atoms with van der Waals surface area (Å²) in [6, 6.07) is 9.62. The van der Waals surface area contributed by atoms with Gasteiger partial charge in [-0.1, -0.05) is 13.0 Å². The van der Waals surface area contributed by atoms with Crippen molar-refractivity contribution in [1.29, 1.82) is 5.26 Å². The van der Waals surface area contributed by atoms with Crippen molar-refractivity contribution in [1.82, 2.24) is 9.97 Å². The molecule has 96 valence electrons. The minimum Gasteiger partial charge on any atom is -0.368 e. The highest BCUT2D eigenvalue weighted by atomic mass is 15.1. The molecule has 1 aromatic carbocycles. The third-order valence-corrected chi connectivity index (χ3v) is 2.86. The molecule has 2 rings (SSSR count). The van der Waals surface area contributed by atoms with Crippen LogP contribution in [0.2, 0.25) is 0 Å². The maximum atomic E-state index is 8.85. The normalized spacial score (nSPS) is 9.95. The second-order valence-corrected chi connectivity index (χ2v) is 4.23. The third kappa shape index (κ3) is 2.99. The second-order valence-electron chi connectivity index (χ2n) is 4.23. The Morgan fingerprint density at radius 1 is 1.32 bits per heavy atom. The number of nitrogens with zero attached hydrogens (tertiary/aromatic N) is 3. The van der Waals surface area contributed by atoms with Crippen LogP contribution >= 0.6 is 0 Å². The Labute approximate surface area is 112 Å². The van der Waals surface area contributed by atoms with Crippen LogP contribution in [0.3, 0.4) is 0 Å². The standard InChI is InChI=1S/C14H15N5/c1-3-10-6-11(5-4-9(10)2)17-13-7-12(8-15)18-14(16)19-13/h4-7H,3H2,1-2H3,(H3,16,17,18,19). The fourth-order valence-electron chi connectivity index (χ4n) is 1.87. The molecule has 19 heavy (non-hydrogen) atoms. The molecule has 5 nitrogen and oxygen atoms in total. The lowest BCUT2D eigenvalue weighted by molar-refractivity contribution is 1.11. The van der Waals surface area contributed by atoms with Crippen LogP contribution in [0.5, 0.6) is 0 Å². The van der Waals surface area contributed by atoms with E-state index in [1.807, 2.05) is 12.1 Å². The molecule has 0 saturated heterocycles. The van der Waals surface area contributed by atoms with E-state index in [1.54, 1.807) is 6.07 Å². The zero-order valence-corrected chi connectivity index (χ0v) is 10.9. The number of benzene rings is 1. The van der Waals surface area contributed by atoms with Crippen molar-refractivity contribution in [2.24, 2.45) is 0 Å². The number of aromatic nitrogens is 2. The maximum Gasteiger partial charge on any atom is 0.223 e. The summed E-state index contributed by atoms with van der Waals surface area (Å²) in [5, 5.41) is 12.0. The fraction of sp³-hybridized carbons (Fsp3) is 0.214. The zero-order valence-electron chi connectivity index (χ0n) is 10.9. The van der Waals surface area contributed by atoms with Crippen molar-refractivity contribution >= 4 is 17.5 Å². The summed E-state index contributed by atoms with van der Waals surface area (Å²) in [4.78, 5) is 7.87. The molecule has 3 N–H and O–H groups in total. The number of aryl methyl sites for hydroxylation is 2. The van der Waals surface area contributed by atoms with Crippen LogP contribution in [-0.2, 0) is 6.42 Å². The first-order chi connectivity index (χ1) is 9.12. The summed E-state index contributed by atoms with van der Waals surface area (Å²) in [6.07, 6.45) is 0.969. The molecule has 1 heterocycles. The quantitative estimate of drug-likeness (QED) is 0.877. The van der Waals surface area contributed by atoms with E-state index in [-0.39, 0.29) is 11.6 Å². The van der Waals surface area contributed by atoms with Crippen molar-refractivity contribution in [3.05, 3.63) is 41.1 Å². The van der Waals surface area contributed by atoms with E-state index in [2.05, 4.69) is 41.3 Å². The molecule has 1 aromatic heterocycles. The van der Waals surface area contributed by atoms with Gasteiger partial charge in [0.05, 0.1) is 0 Å². The second kappa shape index (κ2) is 5.36. The summed E-state index contributed by atoms with van der Waals surface area (Å²) in [7, 11) is 0. The molecule has 2 aromatic rings. The Kier molecular flexibility index (Phi) is 3.62. The average molecular weight is 253 g/mol. The molecule has 0 spiro atoms. The predicted molar refractivity (Wildman–Crippen MR) is 75.0 cm³/mol. The smallest absolute Gasteiger partial charge is 0.223 e. The van der Waals surface area contributed by atoms with E-state index >= 15 is 0 Å². The van der Waals surface area contributed by atoms with Gasteiger partial charge in [0.25, 0.3) is 0 Å². The van der Waals surface area contributed by atoms with Gasteiger partial charge in [-0.25, -0.2) is 4.98 Å². The number of hydrogen-bond donors (Lipinski definition) is 2. The van der Waals surface area contributed by atoms with Gasteiger partial charge in [-0.2, -0.15) is 10.2 Å². The lowest BCUT2D eigenvalue weighted by atomic mass is 10.1. The van der Waals surface area contributed by atoms with Crippen LogP contribution in [0.4, 0.5) is 17.5 Å². The average Bonchev–Trinajstić information content (AvgIpc) is 2.40. The lowest BCUT2D eigenvalue weighted by Gasteiger charge is -2.09. The fourth-order valence-corrected chi connectivity index (χ4v) is 1.87. The van der Waals surface area contributed by atoms with Gasteiger partial charge < -0.3 is 11.1 Å². The Bertz CT molecular complexity index is 643. The minimum atomic E-state index is 0.0874. The van der Waals surface area contributed by atoms with Crippen molar-refractivity contribution in [2.75, 3.05) is 11.1 Å². The molecule has 0 aliphatic heterocycles. The van der Waals surface area contributed by atoms with Gasteiger partial charge in [0, 0.05) is 11.8 Å². The summed E-state index contributed by atoms with van der Waals surface area (Å²) in [6.45, 7) is 4.20. The Balaban J connectivity index is 2.31. The lowest BCUT2D eigenvalue weighted by Crippen LogP contribution is -2.02. The number of nitrogens with two attached hydrogens (primary N) is 1. The van der Waals surface area contributed by atoms with E-state index in [9.17, 15) is 0 Å². The van der Waals surface area contributed by atoms with Crippen molar-refractivity contribution in [3.8, 4) is 6.07 Å². The highest BCUT2D eigenvalue weighted by Crippen LogP contribution is 2.20. The summed E-state index contributed by atoms with van der Waals surface area (Å²) in [5.74, 6) is 0.610. The van der Waals surface area contributed by atoms with Crippen LogP contribution in [0, 0.1) is 18.3 Å². The molecule has 0 atom stereocenters. The molecular weight excluding hydrogens is 238 g/mol. The van der Waals surface area contributed by atoms with Crippen molar-refractivity contribution in [2.45, 2.75) is 20.3 Å². The van der Waals surface area contributed by atoms with Gasteiger partial charge in [0.2, 0.25) is 5.95 Å². The monoisotopic (exact) mass is 253 g/mol. The summed E-state index contributed by atoms with van der Waals surface area (Å²) < 4.78 is 0. The van der Waals surface area contributed by atoms with Crippen LogP contribution in [0.15, 0.2) is 24.3 Å². The van der Waals surface area contributed by atoms with E-state index < -0.39 is 0 Å². The largest absolute Gasteiger partial charge is 0.368 e. The number of nitrogens with one attached hydrogen (secondary N) is 1. The molecule has 0 aliphatic rings. The molecule has 0 bridgehead atoms. The van der Waals surface area contributed by atoms with Gasteiger partial charge in [0.1, 0.15) is 17.6 Å². The highest BCUT2D eigenvalue weighted by molar-refractivity contribution is 5.59. The highest BCUT2D eigenvalue weighted by Gasteiger charge is 2.04. The maximum absolute atomic E-state index is 8.85. The molecule has 5 heteroatoms. The number of nitriles is 1. The molecule has 0 unspecified atom stereocenters. The third-order valence-electron chi connectivity index (χ3n) is 2.86. The van der Waals surface area contributed by atoms with Crippen LogP contribution < -0.4 is 11.1 Å². The molecule has 0 aliphatic carbocycles. The number of rotatable bonds is 3. The molecule has 0 radical (unpaired) electrons. The SMILES string of the molecule is CCc1cc(Nc2cc(C#N)nc(N)n2)ccc1C. The van der Waals surface area contributed by atoms with Crippen LogP contribution in [0.25, 0.3) is 0 Å². The Morgan fingerprint density at radius 3 is 2.79 bits per heavy atom. The first-order valence-electron chi connectivity index (χ1n) is 6.03. The molecule has 0 fully saturated rings. The summed E-state index contributed by atoms with van der Waals surface area (Å²) >= 11 is 0. The van der Waals surface area contributed by atoms with Gasteiger partial charge in [0.15, 0.2) is 0 Å². The first kappa shape index (κ1) is 12.8. The van der Waals surface area contributed by atoms with Crippen molar-refractivity contribution < 1.29 is 0 Å². The number of nitrogen functional groups attached to an aromatic ring is 1. The van der Waals surface area contributed by atoms with E-state index in [1.165, 1.54) is 11.1 Å². The summed E-state index contributed by atoms with van der Waals surface area (Å²) in [5.41, 5.74) is 9.25. The topological polar surface area (TPSA) is 87.6 Å². The molecular formula is C14H15N5. The Hall–Kier alpha value is -2.61. The molecule has 0 saturated carbocycles. The van der Waals surface area contributed by atoms with Gasteiger partial charge in [-0.3, -0.25) is 0 Å². The van der Waals surface area contributed by atoms with E-state index in [0.29, 0.717) is 5.82 Å². The number of hydrogen-bond acceptors (Lipinski definition) is 5. The minimum absolute atomic E-state index is 0.0874. The zero-order chi connectivity index (χ0) is 13.8. The van der Waals surface area contributed by atoms with Gasteiger partial charge in [-0.05, 0) is 36.6 Å². The van der Waals surface area contributed by atoms with E-state index in [0.717, 1.165) is 12.1 Å². The first-order valence-corrected chi connectivity index (χ1v) is 6.03.